The van der Waals surface area contributed by atoms with Crippen LogP contribution in [0.15, 0.2) is 23.6 Å². The van der Waals surface area contributed by atoms with Crippen LogP contribution in [0.25, 0.3) is 0 Å². The van der Waals surface area contributed by atoms with Crippen LogP contribution in [0.3, 0.4) is 0 Å². The summed E-state index contributed by atoms with van der Waals surface area (Å²) in [6.45, 7) is 3.78. The molecular weight excluding hydrogens is 274 g/mol. The van der Waals surface area contributed by atoms with E-state index >= 15 is 0 Å². The summed E-state index contributed by atoms with van der Waals surface area (Å²) in [5.41, 5.74) is 2.03. The number of anilines is 1. The van der Waals surface area contributed by atoms with E-state index in [1.165, 1.54) is 17.4 Å². The van der Waals surface area contributed by atoms with Gasteiger partial charge in [-0.2, -0.15) is 0 Å². The lowest BCUT2D eigenvalue weighted by Crippen LogP contribution is -2.14. The number of aromatic nitrogens is 1. The molecule has 1 aromatic carbocycles. The Bertz CT molecular complexity index is 625. The third-order valence-electron chi connectivity index (χ3n) is 3.09. The summed E-state index contributed by atoms with van der Waals surface area (Å²) in [6, 6.07) is 4.98. The zero-order valence-electron chi connectivity index (χ0n) is 11.6. The van der Waals surface area contributed by atoms with Crippen LogP contribution in [-0.4, -0.2) is 23.0 Å². The van der Waals surface area contributed by atoms with Crippen LogP contribution in [0, 0.1) is 6.92 Å². The first-order valence-electron chi connectivity index (χ1n) is 6.25. The summed E-state index contributed by atoms with van der Waals surface area (Å²) < 4.78 is 0. The standard InChI is InChI=1S/C14H17N3O2S/c1-8-4-5-10(6-12(8)18)13(19)17-14-16-11(7-20-14)9(2)15-3/h4-7,9,15,18H,1-3H3,(H,16,17,19). The Kier molecular flexibility index (Phi) is 4.36. The number of aromatic hydroxyl groups is 1. The monoisotopic (exact) mass is 291 g/mol. The Labute approximate surface area is 121 Å². The fourth-order valence-electron chi connectivity index (χ4n) is 1.61. The number of carbonyl (C=O) groups excluding carboxylic acids is 1. The van der Waals surface area contributed by atoms with Gasteiger partial charge in [0.25, 0.3) is 5.91 Å². The van der Waals surface area contributed by atoms with Crippen molar-refractivity contribution in [2.45, 2.75) is 19.9 Å². The molecule has 1 heterocycles. The highest BCUT2D eigenvalue weighted by Crippen LogP contribution is 2.22. The van der Waals surface area contributed by atoms with E-state index in [-0.39, 0.29) is 17.7 Å². The van der Waals surface area contributed by atoms with Gasteiger partial charge in [0.15, 0.2) is 5.13 Å². The van der Waals surface area contributed by atoms with Gasteiger partial charge in [0.1, 0.15) is 5.75 Å². The number of amides is 1. The van der Waals surface area contributed by atoms with E-state index in [1.807, 2.05) is 19.4 Å². The van der Waals surface area contributed by atoms with Crippen molar-refractivity contribution >= 4 is 22.4 Å². The largest absolute Gasteiger partial charge is 0.508 e. The van der Waals surface area contributed by atoms with Crippen LogP contribution in [0.2, 0.25) is 0 Å². The molecule has 0 radical (unpaired) electrons. The molecule has 0 fully saturated rings. The lowest BCUT2D eigenvalue weighted by atomic mass is 10.1. The predicted octanol–water partition coefficient (Wildman–Crippen LogP) is 2.69. The van der Waals surface area contributed by atoms with Crippen LogP contribution in [0.1, 0.15) is 34.6 Å². The molecule has 0 saturated carbocycles. The molecular formula is C14H17N3O2S. The van der Waals surface area contributed by atoms with Gasteiger partial charge in [-0.15, -0.1) is 11.3 Å². The highest BCUT2D eigenvalue weighted by molar-refractivity contribution is 7.14. The van der Waals surface area contributed by atoms with Gasteiger partial charge in [0.2, 0.25) is 0 Å². The number of aryl methyl sites for hydroxylation is 1. The van der Waals surface area contributed by atoms with Crippen LogP contribution in [-0.2, 0) is 0 Å². The molecule has 0 aliphatic heterocycles. The van der Waals surface area contributed by atoms with Crippen LogP contribution >= 0.6 is 11.3 Å². The fraction of sp³-hybridized carbons (Fsp3) is 0.286. The topological polar surface area (TPSA) is 74.2 Å². The Morgan fingerprint density at radius 1 is 1.45 bits per heavy atom. The first kappa shape index (κ1) is 14.5. The molecule has 1 amide bonds. The number of hydrogen-bond acceptors (Lipinski definition) is 5. The van der Waals surface area contributed by atoms with Gasteiger partial charge in [0.05, 0.1) is 5.69 Å². The molecule has 20 heavy (non-hydrogen) atoms. The van der Waals surface area contributed by atoms with E-state index in [2.05, 4.69) is 15.6 Å². The molecule has 0 aliphatic rings. The highest BCUT2D eigenvalue weighted by Gasteiger charge is 2.12. The number of benzene rings is 1. The summed E-state index contributed by atoms with van der Waals surface area (Å²) in [5, 5.41) is 17.9. The number of phenolic OH excluding ortho intramolecular Hbond substituents is 1. The van der Waals surface area contributed by atoms with E-state index in [4.69, 9.17) is 0 Å². The van der Waals surface area contributed by atoms with Gasteiger partial charge < -0.3 is 10.4 Å². The van der Waals surface area contributed by atoms with Gasteiger partial charge in [-0.3, -0.25) is 10.1 Å². The molecule has 0 bridgehead atoms. The molecule has 1 unspecified atom stereocenters. The van der Waals surface area contributed by atoms with Crippen molar-refractivity contribution in [3.05, 3.63) is 40.4 Å². The van der Waals surface area contributed by atoms with Crippen LogP contribution in [0.5, 0.6) is 5.75 Å². The second kappa shape index (κ2) is 6.02. The van der Waals surface area contributed by atoms with E-state index in [0.29, 0.717) is 10.7 Å². The Morgan fingerprint density at radius 3 is 2.85 bits per heavy atom. The van der Waals surface area contributed by atoms with Crippen LogP contribution < -0.4 is 10.6 Å². The zero-order valence-corrected chi connectivity index (χ0v) is 12.4. The van der Waals surface area contributed by atoms with Gasteiger partial charge in [-0.05, 0) is 38.6 Å². The molecule has 2 rings (SSSR count). The SMILES string of the molecule is CNC(C)c1csc(NC(=O)c2ccc(C)c(O)c2)n1. The van der Waals surface area contributed by atoms with Gasteiger partial charge in [-0.1, -0.05) is 6.07 Å². The maximum atomic E-state index is 12.1. The molecule has 0 saturated heterocycles. The first-order valence-corrected chi connectivity index (χ1v) is 7.13. The smallest absolute Gasteiger partial charge is 0.257 e. The quantitative estimate of drug-likeness (QED) is 0.809. The van der Waals surface area contributed by atoms with Crippen molar-refractivity contribution in [2.75, 3.05) is 12.4 Å². The number of hydrogen-bond donors (Lipinski definition) is 3. The van der Waals surface area contributed by atoms with E-state index < -0.39 is 0 Å². The van der Waals surface area contributed by atoms with E-state index in [9.17, 15) is 9.90 Å². The molecule has 1 atom stereocenters. The average molecular weight is 291 g/mol. The Morgan fingerprint density at radius 2 is 2.20 bits per heavy atom. The summed E-state index contributed by atoms with van der Waals surface area (Å²) in [6.07, 6.45) is 0. The zero-order chi connectivity index (χ0) is 14.7. The molecule has 5 nitrogen and oxygen atoms in total. The number of carbonyl (C=O) groups is 1. The molecule has 106 valence electrons. The lowest BCUT2D eigenvalue weighted by Gasteiger charge is -2.06. The normalized spacial score (nSPS) is 12.2. The molecule has 0 aliphatic carbocycles. The number of nitrogens with one attached hydrogen (secondary N) is 2. The minimum Gasteiger partial charge on any atom is -0.508 e. The molecule has 1 aromatic heterocycles. The summed E-state index contributed by atoms with van der Waals surface area (Å²) in [7, 11) is 1.86. The van der Waals surface area contributed by atoms with E-state index in [1.54, 1.807) is 19.1 Å². The maximum absolute atomic E-state index is 12.1. The Hall–Kier alpha value is -1.92. The Balaban J connectivity index is 2.11. The van der Waals surface area contributed by atoms with Crippen molar-refractivity contribution in [3.8, 4) is 5.75 Å². The molecule has 0 spiro atoms. The second-order valence-corrected chi connectivity index (χ2v) is 5.40. The summed E-state index contributed by atoms with van der Waals surface area (Å²) >= 11 is 1.38. The average Bonchev–Trinajstić information content (AvgIpc) is 2.89. The number of rotatable bonds is 4. The van der Waals surface area contributed by atoms with Crippen molar-refractivity contribution in [2.24, 2.45) is 0 Å². The van der Waals surface area contributed by atoms with Crippen molar-refractivity contribution in [1.82, 2.24) is 10.3 Å². The summed E-state index contributed by atoms with van der Waals surface area (Å²) in [4.78, 5) is 16.4. The van der Waals surface area contributed by atoms with Gasteiger partial charge in [-0.25, -0.2) is 4.98 Å². The van der Waals surface area contributed by atoms with Gasteiger partial charge in [0, 0.05) is 17.0 Å². The van der Waals surface area contributed by atoms with Crippen molar-refractivity contribution in [3.63, 3.8) is 0 Å². The van der Waals surface area contributed by atoms with E-state index in [0.717, 1.165) is 11.3 Å². The maximum Gasteiger partial charge on any atom is 0.257 e. The van der Waals surface area contributed by atoms with Crippen LogP contribution in [0.4, 0.5) is 5.13 Å². The number of phenols is 1. The lowest BCUT2D eigenvalue weighted by molar-refractivity contribution is 0.102. The molecule has 3 N–H and O–H groups in total. The predicted molar refractivity (Wildman–Crippen MR) is 80.4 cm³/mol. The minimum atomic E-state index is -0.279. The molecule has 2 aromatic rings. The first-order chi connectivity index (χ1) is 9.51. The fourth-order valence-corrected chi connectivity index (χ4v) is 2.41. The number of thiazole rings is 1. The highest BCUT2D eigenvalue weighted by atomic mass is 32.1. The van der Waals surface area contributed by atoms with Gasteiger partial charge >= 0.3 is 0 Å². The number of nitrogens with zero attached hydrogens (tertiary/aromatic N) is 1. The second-order valence-electron chi connectivity index (χ2n) is 4.54. The van der Waals surface area contributed by atoms with Crippen molar-refractivity contribution in [1.29, 1.82) is 0 Å². The molecule has 6 heteroatoms. The third kappa shape index (κ3) is 3.15. The summed E-state index contributed by atoms with van der Waals surface area (Å²) in [5.74, 6) is -0.167. The van der Waals surface area contributed by atoms with Crippen molar-refractivity contribution < 1.29 is 9.90 Å². The third-order valence-corrected chi connectivity index (χ3v) is 3.87. The minimum absolute atomic E-state index is 0.112.